The van der Waals surface area contributed by atoms with Crippen molar-refractivity contribution in [2.75, 3.05) is 6.61 Å². The molecule has 0 bridgehead atoms. The monoisotopic (exact) mass is 263 g/mol. The molecule has 0 unspecified atom stereocenters. The standard InChI is InChI=1S/C15H21NO3/c1-12(16-18)10-13-4-6-14(7-5-13)19-11-15(17)8-2-3-9-15/h4-7,17-18H,2-3,8-11H2,1H3/b16-12-. The Bertz CT molecular complexity index is 433. The van der Waals surface area contributed by atoms with E-state index in [1.54, 1.807) is 6.92 Å². The third kappa shape index (κ3) is 3.96. The molecule has 1 aliphatic rings. The minimum Gasteiger partial charge on any atom is -0.491 e. The summed E-state index contributed by atoms with van der Waals surface area (Å²) >= 11 is 0. The van der Waals surface area contributed by atoms with Crippen molar-refractivity contribution in [3.63, 3.8) is 0 Å². The minimum atomic E-state index is -0.640. The Hall–Kier alpha value is -1.55. The number of hydrogen-bond acceptors (Lipinski definition) is 4. The van der Waals surface area contributed by atoms with Gasteiger partial charge in [-0.1, -0.05) is 30.1 Å². The first-order valence-electron chi connectivity index (χ1n) is 6.73. The van der Waals surface area contributed by atoms with Gasteiger partial charge in [0.1, 0.15) is 12.4 Å². The van der Waals surface area contributed by atoms with Gasteiger partial charge < -0.3 is 15.1 Å². The lowest BCUT2D eigenvalue weighted by molar-refractivity contribution is 0.00141. The topological polar surface area (TPSA) is 62.0 Å². The van der Waals surface area contributed by atoms with Crippen LogP contribution in [0.4, 0.5) is 0 Å². The van der Waals surface area contributed by atoms with E-state index in [9.17, 15) is 5.11 Å². The largest absolute Gasteiger partial charge is 0.491 e. The molecule has 1 saturated carbocycles. The van der Waals surface area contributed by atoms with Crippen LogP contribution >= 0.6 is 0 Å². The third-order valence-electron chi connectivity index (χ3n) is 3.60. The molecule has 2 N–H and O–H groups in total. The van der Waals surface area contributed by atoms with E-state index in [-0.39, 0.29) is 0 Å². The fourth-order valence-corrected chi connectivity index (χ4v) is 2.43. The number of oxime groups is 1. The zero-order valence-corrected chi connectivity index (χ0v) is 11.3. The molecule has 4 heteroatoms. The van der Waals surface area contributed by atoms with Crippen molar-refractivity contribution in [3.05, 3.63) is 29.8 Å². The van der Waals surface area contributed by atoms with Crippen LogP contribution in [0.15, 0.2) is 29.4 Å². The van der Waals surface area contributed by atoms with Crippen LogP contribution in [-0.4, -0.2) is 28.2 Å². The van der Waals surface area contributed by atoms with E-state index in [0.717, 1.165) is 37.0 Å². The van der Waals surface area contributed by atoms with Crippen molar-refractivity contribution < 1.29 is 15.1 Å². The van der Waals surface area contributed by atoms with Crippen molar-refractivity contribution in [2.24, 2.45) is 5.16 Å². The summed E-state index contributed by atoms with van der Waals surface area (Å²) in [5.41, 5.74) is 1.11. The zero-order chi connectivity index (χ0) is 13.7. The number of rotatable bonds is 5. The van der Waals surface area contributed by atoms with Crippen LogP contribution in [0.2, 0.25) is 0 Å². The van der Waals surface area contributed by atoms with E-state index in [1.165, 1.54) is 0 Å². The molecular formula is C15H21NO3. The summed E-state index contributed by atoms with van der Waals surface area (Å²) in [4.78, 5) is 0. The molecule has 1 aromatic rings. The number of benzene rings is 1. The zero-order valence-electron chi connectivity index (χ0n) is 11.3. The molecule has 0 aliphatic heterocycles. The average molecular weight is 263 g/mol. The van der Waals surface area contributed by atoms with Gasteiger partial charge >= 0.3 is 0 Å². The lowest BCUT2D eigenvalue weighted by atomic mass is 10.0. The Morgan fingerprint density at radius 3 is 2.47 bits per heavy atom. The van der Waals surface area contributed by atoms with Gasteiger partial charge in [-0.2, -0.15) is 0 Å². The van der Waals surface area contributed by atoms with Gasteiger partial charge in [0.2, 0.25) is 0 Å². The Balaban J connectivity index is 1.88. The van der Waals surface area contributed by atoms with Crippen LogP contribution in [0.5, 0.6) is 5.75 Å². The van der Waals surface area contributed by atoms with E-state index < -0.39 is 5.60 Å². The molecule has 0 saturated heterocycles. The highest BCUT2D eigenvalue weighted by molar-refractivity contribution is 5.83. The molecule has 2 rings (SSSR count). The Morgan fingerprint density at radius 2 is 1.89 bits per heavy atom. The summed E-state index contributed by atoms with van der Waals surface area (Å²) in [7, 11) is 0. The van der Waals surface area contributed by atoms with Gasteiger partial charge in [0.25, 0.3) is 0 Å². The lowest BCUT2D eigenvalue weighted by Gasteiger charge is -2.22. The molecule has 0 amide bonds. The summed E-state index contributed by atoms with van der Waals surface area (Å²) in [5, 5.41) is 22.0. The first kappa shape index (κ1) is 13.9. The maximum atomic E-state index is 10.2. The van der Waals surface area contributed by atoms with Gasteiger partial charge in [-0.25, -0.2) is 0 Å². The predicted octanol–water partition coefficient (Wildman–Crippen LogP) is 2.76. The molecule has 0 aromatic heterocycles. The molecule has 19 heavy (non-hydrogen) atoms. The summed E-state index contributed by atoms with van der Waals surface area (Å²) in [6, 6.07) is 7.67. The molecular weight excluding hydrogens is 242 g/mol. The lowest BCUT2D eigenvalue weighted by Crippen LogP contribution is -2.32. The number of nitrogens with zero attached hydrogens (tertiary/aromatic N) is 1. The first-order valence-corrected chi connectivity index (χ1v) is 6.73. The van der Waals surface area contributed by atoms with Gasteiger partial charge in [-0.05, 0) is 37.5 Å². The Kier molecular flexibility index (Phi) is 4.43. The molecule has 0 radical (unpaired) electrons. The third-order valence-corrected chi connectivity index (χ3v) is 3.60. The van der Waals surface area contributed by atoms with Crippen LogP contribution in [0.3, 0.4) is 0 Å². The van der Waals surface area contributed by atoms with Crippen molar-refractivity contribution >= 4 is 5.71 Å². The molecule has 104 valence electrons. The second-order valence-electron chi connectivity index (χ2n) is 5.38. The van der Waals surface area contributed by atoms with Crippen molar-refractivity contribution in [2.45, 2.75) is 44.6 Å². The van der Waals surface area contributed by atoms with Crippen LogP contribution in [0, 0.1) is 0 Å². The van der Waals surface area contributed by atoms with E-state index >= 15 is 0 Å². The molecule has 1 fully saturated rings. The first-order chi connectivity index (χ1) is 9.11. The van der Waals surface area contributed by atoms with Crippen molar-refractivity contribution in [1.29, 1.82) is 0 Å². The highest BCUT2D eigenvalue weighted by atomic mass is 16.5. The fourth-order valence-electron chi connectivity index (χ4n) is 2.43. The highest BCUT2D eigenvalue weighted by Gasteiger charge is 2.31. The smallest absolute Gasteiger partial charge is 0.119 e. The summed E-state index contributed by atoms with van der Waals surface area (Å²) in [6.07, 6.45) is 4.45. The van der Waals surface area contributed by atoms with Crippen LogP contribution in [-0.2, 0) is 6.42 Å². The Morgan fingerprint density at radius 1 is 1.26 bits per heavy atom. The van der Waals surface area contributed by atoms with Crippen molar-refractivity contribution in [3.8, 4) is 5.75 Å². The maximum absolute atomic E-state index is 10.2. The van der Waals surface area contributed by atoms with Gasteiger partial charge in [0, 0.05) is 6.42 Å². The average Bonchev–Trinajstić information content (AvgIpc) is 2.85. The molecule has 1 aliphatic carbocycles. The summed E-state index contributed by atoms with van der Waals surface area (Å²) in [6.45, 7) is 2.14. The van der Waals surface area contributed by atoms with Crippen LogP contribution in [0.25, 0.3) is 0 Å². The molecule has 1 aromatic carbocycles. The number of aliphatic hydroxyl groups is 1. The number of hydrogen-bond donors (Lipinski definition) is 2. The van der Waals surface area contributed by atoms with Gasteiger partial charge in [0.05, 0.1) is 11.3 Å². The number of ether oxygens (including phenoxy) is 1. The normalized spacial score (nSPS) is 18.5. The van der Waals surface area contributed by atoms with E-state index in [1.807, 2.05) is 24.3 Å². The second-order valence-corrected chi connectivity index (χ2v) is 5.38. The van der Waals surface area contributed by atoms with Gasteiger partial charge in [-0.3, -0.25) is 0 Å². The van der Waals surface area contributed by atoms with Crippen LogP contribution in [0.1, 0.15) is 38.2 Å². The SMILES string of the molecule is C/C(Cc1ccc(OCC2(O)CCCC2)cc1)=N/O. The molecule has 0 heterocycles. The fraction of sp³-hybridized carbons (Fsp3) is 0.533. The minimum absolute atomic E-state index is 0.365. The van der Waals surface area contributed by atoms with E-state index in [2.05, 4.69) is 5.16 Å². The second kappa shape index (κ2) is 6.06. The predicted molar refractivity (Wildman–Crippen MR) is 74.0 cm³/mol. The molecule has 4 nitrogen and oxygen atoms in total. The van der Waals surface area contributed by atoms with E-state index in [0.29, 0.717) is 18.7 Å². The highest BCUT2D eigenvalue weighted by Crippen LogP contribution is 2.30. The summed E-state index contributed by atoms with van der Waals surface area (Å²) < 4.78 is 5.65. The van der Waals surface area contributed by atoms with Gasteiger partial charge in [0.15, 0.2) is 0 Å². The van der Waals surface area contributed by atoms with E-state index in [4.69, 9.17) is 9.94 Å². The Labute approximate surface area is 113 Å². The van der Waals surface area contributed by atoms with Crippen molar-refractivity contribution in [1.82, 2.24) is 0 Å². The maximum Gasteiger partial charge on any atom is 0.119 e. The van der Waals surface area contributed by atoms with Crippen LogP contribution < -0.4 is 4.74 Å². The quantitative estimate of drug-likeness (QED) is 0.488. The van der Waals surface area contributed by atoms with Gasteiger partial charge in [-0.15, -0.1) is 0 Å². The summed E-state index contributed by atoms with van der Waals surface area (Å²) in [5.74, 6) is 0.766. The molecule has 0 atom stereocenters. The molecule has 0 spiro atoms.